The molecule has 0 radical (unpaired) electrons. The Bertz CT molecular complexity index is 649. The summed E-state index contributed by atoms with van der Waals surface area (Å²) in [6.45, 7) is 0. The van der Waals surface area contributed by atoms with E-state index in [-0.39, 0.29) is 0 Å². The third-order valence-electron chi connectivity index (χ3n) is 2.90. The van der Waals surface area contributed by atoms with Gasteiger partial charge >= 0.3 is 0 Å². The maximum absolute atomic E-state index is 5.90. The predicted molar refractivity (Wildman–Crippen MR) is 65.9 cm³/mol. The summed E-state index contributed by atoms with van der Waals surface area (Å²) >= 11 is 0. The minimum atomic E-state index is 0.782. The molecule has 4 rings (SSSR count). The molecule has 0 amide bonds. The summed E-state index contributed by atoms with van der Waals surface area (Å²) < 4.78 is 5.90. The predicted octanol–water partition coefficient (Wildman–Crippen LogP) is 2.80. The Kier molecular flexibility index (Phi) is 1.53. The molecule has 17 heavy (non-hydrogen) atoms. The molecule has 2 aromatic carbocycles. The number of benzene rings is 2. The fourth-order valence-corrected chi connectivity index (χ4v) is 2.11. The van der Waals surface area contributed by atoms with Gasteiger partial charge in [-0.25, -0.2) is 4.99 Å². The molecule has 0 bridgehead atoms. The van der Waals surface area contributed by atoms with E-state index in [0.717, 1.165) is 34.3 Å². The van der Waals surface area contributed by atoms with Crippen LogP contribution >= 0.6 is 0 Å². The topological polar surface area (TPSA) is 45.7 Å². The van der Waals surface area contributed by atoms with Gasteiger partial charge < -0.3 is 4.74 Å². The Morgan fingerprint density at radius 3 is 2.76 bits per heavy atom. The summed E-state index contributed by atoms with van der Waals surface area (Å²) in [6.07, 6.45) is 0. The van der Waals surface area contributed by atoms with Crippen molar-refractivity contribution in [1.29, 1.82) is 0 Å². The van der Waals surface area contributed by atoms with Crippen LogP contribution in [0, 0.1) is 0 Å². The van der Waals surface area contributed by atoms with Gasteiger partial charge in [0.25, 0.3) is 0 Å². The number of nitrogens with one attached hydrogen (secondary N) is 2. The number of nitrogens with zero attached hydrogens (tertiary/aromatic N) is 1. The van der Waals surface area contributed by atoms with Crippen LogP contribution in [0.1, 0.15) is 5.56 Å². The third kappa shape index (κ3) is 1.15. The van der Waals surface area contributed by atoms with E-state index in [9.17, 15) is 0 Å². The summed E-state index contributed by atoms with van der Waals surface area (Å²) in [5.41, 5.74) is 8.96. The number of amidine groups is 1. The van der Waals surface area contributed by atoms with Crippen LogP contribution in [0.3, 0.4) is 0 Å². The second kappa shape index (κ2) is 3.01. The van der Waals surface area contributed by atoms with Crippen LogP contribution in [0.5, 0.6) is 11.5 Å². The van der Waals surface area contributed by atoms with Crippen LogP contribution in [-0.4, -0.2) is 5.84 Å². The number of aliphatic imine (C=N–C) groups is 1. The SMILES string of the molecule is c1ccc2c(c1)N=C1NNc3cccc(c31)O2. The molecule has 2 aliphatic rings. The van der Waals surface area contributed by atoms with Crippen molar-refractivity contribution >= 4 is 17.2 Å². The van der Waals surface area contributed by atoms with E-state index in [1.165, 1.54) is 0 Å². The average Bonchev–Trinajstić information content (AvgIpc) is 2.68. The highest BCUT2D eigenvalue weighted by atomic mass is 16.5. The normalized spacial score (nSPS) is 14.5. The van der Waals surface area contributed by atoms with E-state index in [1.807, 2.05) is 42.5 Å². The van der Waals surface area contributed by atoms with Crippen molar-refractivity contribution in [2.75, 3.05) is 5.43 Å². The number of para-hydroxylation sites is 2. The lowest BCUT2D eigenvalue weighted by Gasteiger charge is -2.07. The molecule has 0 unspecified atom stereocenters. The largest absolute Gasteiger partial charge is 0.454 e. The van der Waals surface area contributed by atoms with E-state index in [0.29, 0.717) is 0 Å². The second-order valence-corrected chi connectivity index (χ2v) is 3.96. The third-order valence-corrected chi connectivity index (χ3v) is 2.90. The first-order valence-electron chi connectivity index (χ1n) is 5.43. The molecule has 4 nitrogen and oxygen atoms in total. The maximum Gasteiger partial charge on any atom is 0.158 e. The molecule has 0 aliphatic carbocycles. The molecule has 2 aromatic rings. The first-order chi connectivity index (χ1) is 8.42. The zero-order chi connectivity index (χ0) is 11.2. The summed E-state index contributed by atoms with van der Waals surface area (Å²) in [5, 5.41) is 0. The second-order valence-electron chi connectivity index (χ2n) is 3.96. The minimum absolute atomic E-state index is 0.782. The van der Waals surface area contributed by atoms with Crippen molar-refractivity contribution in [2.45, 2.75) is 0 Å². The van der Waals surface area contributed by atoms with Crippen LogP contribution in [0.15, 0.2) is 47.5 Å². The number of anilines is 1. The summed E-state index contributed by atoms with van der Waals surface area (Å²) in [7, 11) is 0. The Hall–Kier alpha value is -2.49. The number of hydrazine groups is 1. The molecule has 82 valence electrons. The highest BCUT2D eigenvalue weighted by Crippen LogP contribution is 2.40. The number of ether oxygens (including phenoxy) is 1. The molecule has 0 atom stereocenters. The monoisotopic (exact) mass is 223 g/mol. The molecule has 2 heterocycles. The standard InChI is InChI=1S/C13H9N3O/c1-2-6-10-8(4-1)14-13-12-9(15-16-13)5-3-7-11(12)17-10/h1-7H,(H2,14,15,16). The van der Waals surface area contributed by atoms with E-state index < -0.39 is 0 Å². The Balaban J connectivity index is 2.04. The minimum Gasteiger partial charge on any atom is -0.454 e. The molecule has 0 fully saturated rings. The Morgan fingerprint density at radius 1 is 0.882 bits per heavy atom. The fraction of sp³-hybridized carbons (Fsp3) is 0. The van der Waals surface area contributed by atoms with Crippen LogP contribution in [-0.2, 0) is 0 Å². The van der Waals surface area contributed by atoms with Gasteiger partial charge in [0.2, 0.25) is 0 Å². The number of rotatable bonds is 0. The van der Waals surface area contributed by atoms with E-state index in [4.69, 9.17) is 4.74 Å². The lowest BCUT2D eigenvalue weighted by Crippen LogP contribution is -2.20. The van der Waals surface area contributed by atoms with Crippen LogP contribution in [0.2, 0.25) is 0 Å². The van der Waals surface area contributed by atoms with Crippen molar-refractivity contribution in [2.24, 2.45) is 4.99 Å². The van der Waals surface area contributed by atoms with E-state index in [1.54, 1.807) is 0 Å². The number of hydrogen-bond acceptors (Lipinski definition) is 4. The molecule has 2 N–H and O–H groups in total. The summed E-state index contributed by atoms with van der Waals surface area (Å²) in [6, 6.07) is 13.7. The molecule has 0 spiro atoms. The first-order valence-corrected chi connectivity index (χ1v) is 5.43. The van der Waals surface area contributed by atoms with Gasteiger partial charge in [0.05, 0.1) is 11.3 Å². The number of hydrogen-bond donors (Lipinski definition) is 2. The van der Waals surface area contributed by atoms with Crippen molar-refractivity contribution in [3.05, 3.63) is 48.0 Å². The van der Waals surface area contributed by atoms with Gasteiger partial charge in [0.1, 0.15) is 11.4 Å². The molecule has 2 aliphatic heterocycles. The van der Waals surface area contributed by atoms with Crippen LogP contribution < -0.4 is 15.6 Å². The van der Waals surface area contributed by atoms with Crippen molar-refractivity contribution in [1.82, 2.24) is 5.43 Å². The average molecular weight is 223 g/mol. The molecule has 0 saturated heterocycles. The van der Waals surface area contributed by atoms with Gasteiger partial charge in [0, 0.05) is 0 Å². The maximum atomic E-state index is 5.90. The van der Waals surface area contributed by atoms with Crippen molar-refractivity contribution in [3.8, 4) is 11.5 Å². The van der Waals surface area contributed by atoms with Crippen molar-refractivity contribution in [3.63, 3.8) is 0 Å². The highest BCUT2D eigenvalue weighted by Gasteiger charge is 2.25. The lowest BCUT2D eigenvalue weighted by atomic mass is 10.1. The molecule has 4 heteroatoms. The zero-order valence-electron chi connectivity index (χ0n) is 8.90. The quantitative estimate of drug-likeness (QED) is 0.721. The molecular formula is C13H9N3O. The van der Waals surface area contributed by atoms with Gasteiger partial charge in [-0.3, -0.25) is 10.9 Å². The lowest BCUT2D eigenvalue weighted by molar-refractivity contribution is 0.485. The highest BCUT2D eigenvalue weighted by molar-refractivity contribution is 6.11. The van der Waals surface area contributed by atoms with Crippen molar-refractivity contribution < 1.29 is 4.74 Å². The zero-order valence-corrected chi connectivity index (χ0v) is 8.90. The van der Waals surface area contributed by atoms with Gasteiger partial charge in [-0.15, -0.1) is 0 Å². The molecule has 0 saturated carbocycles. The smallest absolute Gasteiger partial charge is 0.158 e. The van der Waals surface area contributed by atoms with Gasteiger partial charge in [0.15, 0.2) is 11.6 Å². The first kappa shape index (κ1) is 8.64. The van der Waals surface area contributed by atoms with E-state index >= 15 is 0 Å². The molecular weight excluding hydrogens is 214 g/mol. The van der Waals surface area contributed by atoms with Gasteiger partial charge in [-0.1, -0.05) is 18.2 Å². The fourth-order valence-electron chi connectivity index (χ4n) is 2.11. The van der Waals surface area contributed by atoms with Crippen LogP contribution in [0.4, 0.5) is 11.4 Å². The van der Waals surface area contributed by atoms with Gasteiger partial charge in [-0.05, 0) is 24.3 Å². The summed E-state index contributed by atoms with van der Waals surface area (Å²) in [4.78, 5) is 4.57. The summed E-state index contributed by atoms with van der Waals surface area (Å²) in [5.74, 6) is 2.41. The van der Waals surface area contributed by atoms with E-state index in [2.05, 4.69) is 15.8 Å². The molecule has 0 aromatic heterocycles. The van der Waals surface area contributed by atoms with Gasteiger partial charge in [-0.2, -0.15) is 0 Å². The Labute approximate surface area is 97.9 Å². The van der Waals surface area contributed by atoms with Crippen LogP contribution in [0.25, 0.3) is 0 Å². The Morgan fingerprint density at radius 2 is 1.76 bits per heavy atom. The number of fused-ring (bicyclic) bond motifs is 1.